The van der Waals surface area contributed by atoms with Gasteiger partial charge in [-0.05, 0) is 38.1 Å². The van der Waals surface area contributed by atoms with Crippen molar-refractivity contribution in [3.05, 3.63) is 36.0 Å². The summed E-state index contributed by atoms with van der Waals surface area (Å²) in [6.45, 7) is 4.38. The van der Waals surface area contributed by atoms with Gasteiger partial charge < -0.3 is 19.2 Å². The average Bonchev–Trinajstić information content (AvgIpc) is 3.05. The number of hydrogen-bond acceptors (Lipinski definition) is 7. The minimum absolute atomic E-state index is 0.141. The van der Waals surface area contributed by atoms with Gasteiger partial charge in [-0.25, -0.2) is 4.39 Å². The van der Waals surface area contributed by atoms with Crippen LogP contribution in [0.1, 0.15) is 25.8 Å². The fraction of sp³-hybridized carbons (Fsp3) is 0.438. The number of ether oxygens (including phenoxy) is 2. The Balaban J connectivity index is 1.88. The molecule has 0 aliphatic rings. The third-order valence-electron chi connectivity index (χ3n) is 3.15. The zero-order valence-electron chi connectivity index (χ0n) is 14.2. The molecule has 1 aromatic heterocycles. The van der Waals surface area contributed by atoms with E-state index in [0.717, 1.165) is 11.8 Å². The molecule has 0 unspecified atom stereocenters. The van der Waals surface area contributed by atoms with Crippen molar-refractivity contribution in [3.63, 3.8) is 0 Å². The highest BCUT2D eigenvalue weighted by Crippen LogP contribution is 2.26. The maximum absolute atomic E-state index is 12.9. The van der Waals surface area contributed by atoms with Crippen molar-refractivity contribution in [2.45, 2.75) is 30.4 Å². The summed E-state index contributed by atoms with van der Waals surface area (Å²) < 4.78 is 28.9. The molecule has 1 aromatic carbocycles. The van der Waals surface area contributed by atoms with Gasteiger partial charge in [0.05, 0.1) is 11.9 Å². The van der Waals surface area contributed by atoms with Crippen LogP contribution in [0.2, 0.25) is 0 Å². The molecule has 9 heteroatoms. The normalized spacial score (nSPS) is 13.3. The second kappa shape index (κ2) is 9.38. The number of halogens is 1. The van der Waals surface area contributed by atoms with Gasteiger partial charge in [0.2, 0.25) is 5.91 Å². The lowest BCUT2D eigenvalue weighted by atomic mass is 10.3. The first-order chi connectivity index (χ1) is 12.0. The monoisotopic (exact) mass is 369 g/mol. The summed E-state index contributed by atoms with van der Waals surface area (Å²) in [6, 6.07) is 5.65. The largest absolute Gasteiger partial charge is 0.481 e. The van der Waals surface area contributed by atoms with Gasteiger partial charge in [0, 0.05) is 13.7 Å². The predicted octanol–water partition coefficient (Wildman–Crippen LogP) is 2.59. The third-order valence-corrected chi connectivity index (χ3v) is 4.08. The Morgan fingerprint density at radius 3 is 2.72 bits per heavy atom. The number of benzene rings is 1. The molecule has 0 fully saturated rings. The second-order valence-corrected chi connectivity index (χ2v) is 6.46. The fourth-order valence-electron chi connectivity index (χ4n) is 1.82. The Labute approximate surface area is 149 Å². The highest BCUT2D eigenvalue weighted by Gasteiger charge is 2.20. The van der Waals surface area contributed by atoms with Crippen molar-refractivity contribution in [3.8, 4) is 5.75 Å². The van der Waals surface area contributed by atoms with Gasteiger partial charge in [-0.3, -0.25) is 4.79 Å². The lowest BCUT2D eigenvalue weighted by Gasteiger charge is -2.11. The number of nitrogens with zero attached hydrogens (tertiary/aromatic N) is 2. The van der Waals surface area contributed by atoms with Gasteiger partial charge in [0.15, 0.2) is 6.10 Å². The van der Waals surface area contributed by atoms with E-state index in [0.29, 0.717) is 18.9 Å². The number of methoxy groups -OCH3 is 1. The highest BCUT2D eigenvalue weighted by atomic mass is 32.2. The summed E-state index contributed by atoms with van der Waals surface area (Å²) in [5.74, 6) is 0.290. The van der Waals surface area contributed by atoms with E-state index in [4.69, 9.17) is 13.9 Å². The van der Waals surface area contributed by atoms with Crippen molar-refractivity contribution in [2.24, 2.45) is 0 Å². The molecule has 0 saturated heterocycles. The number of carbonyl (C=O) groups is 1. The summed E-state index contributed by atoms with van der Waals surface area (Å²) in [6.07, 6.45) is -0.502. The molecule has 0 aliphatic heterocycles. The number of hydrogen-bond donors (Lipinski definition) is 1. The van der Waals surface area contributed by atoms with Gasteiger partial charge in [-0.15, -0.1) is 10.2 Å². The number of amides is 1. The fourth-order valence-corrected chi connectivity index (χ4v) is 2.54. The maximum Gasteiger partial charge on any atom is 0.277 e. The number of nitrogens with one attached hydrogen (secondary N) is 1. The molecule has 0 saturated carbocycles. The van der Waals surface area contributed by atoms with E-state index >= 15 is 0 Å². The van der Waals surface area contributed by atoms with Crippen molar-refractivity contribution in [1.29, 1.82) is 0 Å². The second-order valence-electron chi connectivity index (χ2n) is 5.16. The quantitative estimate of drug-likeness (QED) is 0.537. The lowest BCUT2D eigenvalue weighted by Crippen LogP contribution is -2.33. The minimum Gasteiger partial charge on any atom is -0.481 e. The molecule has 0 spiro atoms. The average molecular weight is 369 g/mol. The summed E-state index contributed by atoms with van der Waals surface area (Å²) in [5, 5.41) is 10.5. The molecular formula is C16H20FN3O4S. The minimum atomic E-state index is -0.502. The number of thioether (sulfide) groups is 1. The lowest BCUT2D eigenvalue weighted by molar-refractivity contribution is -0.120. The van der Waals surface area contributed by atoms with E-state index in [-0.39, 0.29) is 22.8 Å². The Morgan fingerprint density at radius 1 is 1.32 bits per heavy atom. The van der Waals surface area contributed by atoms with Crippen LogP contribution in [0.4, 0.5) is 4.39 Å². The molecule has 2 rings (SSSR count). The van der Waals surface area contributed by atoms with Crippen LogP contribution < -0.4 is 10.1 Å². The van der Waals surface area contributed by atoms with Crippen LogP contribution in [0.3, 0.4) is 0 Å². The number of rotatable bonds is 9. The standard InChI is InChI=1S/C16H20FN3O4S/c1-10(23-13-6-4-12(17)5-7-13)15-19-20-16(24-15)25-11(2)14(21)18-8-9-22-3/h4-7,10-11H,8-9H2,1-3H3,(H,18,21)/t10-,11+/m1/s1. The van der Waals surface area contributed by atoms with Crippen LogP contribution >= 0.6 is 11.8 Å². The molecule has 1 amide bonds. The summed E-state index contributed by atoms with van der Waals surface area (Å²) >= 11 is 1.16. The van der Waals surface area contributed by atoms with Crippen LogP contribution in [0.5, 0.6) is 5.75 Å². The van der Waals surface area contributed by atoms with Crippen LogP contribution in [0.15, 0.2) is 33.9 Å². The molecule has 1 N–H and O–H groups in total. The number of aromatic nitrogens is 2. The van der Waals surface area contributed by atoms with Gasteiger partial charge in [0.1, 0.15) is 11.6 Å². The molecule has 25 heavy (non-hydrogen) atoms. The van der Waals surface area contributed by atoms with Crippen molar-refractivity contribution < 1.29 is 23.1 Å². The Morgan fingerprint density at radius 2 is 2.04 bits per heavy atom. The Hall–Kier alpha value is -2.13. The number of carbonyl (C=O) groups excluding carboxylic acids is 1. The molecular weight excluding hydrogens is 349 g/mol. The van der Waals surface area contributed by atoms with E-state index in [9.17, 15) is 9.18 Å². The molecule has 0 aliphatic carbocycles. The molecule has 1 heterocycles. The van der Waals surface area contributed by atoms with E-state index in [1.54, 1.807) is 21.0 Å². The van der Waals surface area contributed by atoms with Crippen LogP contribution in [-0.2, 0) is 9.53 Å². The Bertz CT molecular complexity index is 680. The van der Waals surface area contributed by atoms with Gasteiger partial charge in [0.25, 0.3) is 11.1 Å². The highest BCUT2D eigenvalue weighted by molar-refractivity contribution is 8.00. The third kappa shape index (κ3) is 6.02. The smallest absolute Gasteiger partial charge is 0.277 e. The van der Waals surface area contributed by atoms with Gasteiger partial charge in [-0.1, -0.05) is 11.8 Å². The maximum atomic E-state index is 12.9. The molecule has 2 atom stereocenters. The molecule has 2 aromatic rings. The SMILES string of the molecule is COCCNC(=O)[C@H](C)Sc1nnc([C@@H](C)Oc2ccc(F)cc2)o1. The van der Waals surface area contributed by atoms with E-state index in [2.05, 4.69) is 15.5 Å². The van der Waals surface area contributed by atoms with E-state index < -0.39 is 11.4 Å². The molecule has 0 radical (unpaired) electrons. The van der Waals surface area contributed by atoms with Crippen LogP contribution in [0, 0.1) is 5.82 Å². The summed E-state index contributed by atoms with van der Waals surface area (Å²) in [4.78, 5) is 11.9. The summed E-state index contributed by atoms with van der Waals surface area (Å²) in [5.41, 5.74) is 0. The van der Waals surface area contributed by atoms with Crippen molar-refractivity contribution in [2.75, 3.05) is 20.3 Å². The van der Waals surface area contributed by atoms with Crippen LogP contribution in [-0.4, -0.2) is 41.6 Å². The Kier molecular flexibility index (Phi) is 7.20. The molecule has 136 valence electrons. The van der Waals surface area contributed by atoms with E-state index in [1.807, 2.05) is 0 Å². The van der Waals surface area contributed by atoms with Gasteiger partial charge in [-0.2, -0.15) is 0 Å². The molecule has 7 nitrogen and oxygen atoms in total. The first-order valence-corrected chi connectivity index (χ1v) is 8.56. The van der Waals surface area contributed by atoms with Crippen molar-refractivity contribution >= 4 is 17.7 Å². The zero-order chi connectivity index (χ0) is 18.2. The van der Waals surface area contributed by atoms with E-state index in [1.165, 1.54) is 24.3 Å². The van der Waals surface area contributed by atoms with Crippen molar-refractivity contribution in [1.82, 2.24) is 15.5 Å². The van der Waals surface area contributed by atoms with Crippen LogP contribution in [0.25, 0.3) is 0 Å². The first-order valence-electron chi connectivity index (χ1n) is 7.68. The summed E-state index contributed by atoms with van der Waals surface area (Å²) in [7, 11) is 1.57. The molecule has 0 bridgehead atoms. The predicted molar refractivity (Wildman–Crippen MR) is 89.9 cm³/mol. The van der Waals surface area contributed by atoms with Gasteiger partial charge >= 0.3 is 0 Å². The first kappa shape index (κ1) is 19.2. The zero-order valence-corrected chi connectivity index (χ0v) is 15.0. The topological polar surface area (TPSA) is 86.5 Å².